The van der Waals surface area contributed by atoms with Gasteiger partial charge < -0.3 is 9.29 Å². The van der Waals surface area contributed by atoms with Gasteiger partial charge in [0.15, 0.2) is 0 Å². The Morgan fingerprint density at radius 3 is 2.36 bits per heavy atom. The third-order valence-corrected chi connectivity index (χ3v) is 4.32. The van der Waals surface area contributed by atoms with Crippen molar-refractivity contribution in [3.05, 3.63) is 29.8 Å². The highest BCUT2D eigenvalue weighted by Crippen LogP contribution is 2.27. The maximum absolute atomic E-state index is 12.7. The SMILES string of the molecule is CC(C)(C)[S+]([O-])NC(CC(F)F)c1cccc(OC(F)F)c1. The van der Waals surface area contributed by atoms with Gasteiger partial charge in [0.2, 0.25) is 6.43 Å². The Hall–Kier alpha value is -0.990. The molecule has 0 spiro atoms. The molecule has 1 aromatic carbocycles. The van der Waals surface area contributed by atoms with E-state index < -0.39 is 41.6 Å². The van der Waals surface area contributed by atoms with Gasteiger partial charge in [-0.15, -0.1) is 4.72 Å². The van der Waals surface area contributed by atoms with Crippen molar-refractivity contribution in [1.29, 1.82) is 0 Å². The smallest absolute Gasteiger partial charge is 0.387 e. The van der Waals surface area contributed by atoms with Crippen molar-refractivity contribution in [1.82, 2.24) is 4.72 Å². The van der Waals surface area contributed by atoms with Crippen LogP contribution in [0.2, 0.25) is 0 Å². The van der Waals surface area contributed by atoms with Gasteiger partial charge in [-0.25, -0.2) is 8.78 Å². The minimum atomic E-state index is -3.00. The standard InChI is InChI=1S/C14H19F4NO2S/c1-14(2,3)22(20)19-11(8-12(15)16)9-5-4-6-10(7-9)21-13(17)18/h4-7,11-13,19H,8H2,1-3H3. The first-order valence-electron chi connectivity index (χ1n) is 6.60. The van der Waals surface area contributed by atoms with Crippen molar-refractivity contribution in [2.45, 2.75) is 51.0 Å². The molecule has 22 heavy (non-hydrogen) atoms. The summed E-state index contributed by atoms with van der Waals surface area (Å²) < 4.78 is 68.3. The van der Waals surface area contributed by atoms with E-state index >= 15 is 0 Å². The number of halogens is 4. The van der Waals surface area contributed by atoms with Gasteiger partial charge in [-0.3, -0.25) is 0 Å². The van der Waals surface area contributed by atoms with E-state index in [0.717, 1.165) is 0 Å². The fourth-order valence-electron chi connectivity index (χ4n) is 1.64. The van der Waals surface area contributed by atoms with Crippen molar-refractivity contribution in [2.24, 2.45) is 0 Å². The minimum Gasteiger partial charge on any atom is -0.598 e. The van der Waals surface area contributed by atoms with Crippen LogP contribution in [0.15, 0.2) is 24.3 Å². The van der Waals surface area contributed by atoms with Crippen LogP contribution in [-0.2, 0) is 11.4 Å². The molecule has 1 aromatic rings. The normalized spacial score (nSPS) is 15.2. The highest BCUT2D eigenvalue weighted by Gasteiger charge is 2.31. The van der Waals surface area contributed by atoms with Gasteiger partial charge >= 0.3 is 6.61 Å². The molecule has 0 saturated heterocycles. The first-order chi connectivity index (χ1) is 10.1. The molecule has 0 amide bonds. The number of rotatable bonds is 7. The van der Waals surface area contributed by atoms with Gasteiger partial charge in [0.1, 0.15) is 10.5 Å². The van der Waals surface area contributed by atoms with Crippen LogP contribution in [0.5, 0.6) is 5.75 Å². The van der Waals surface area contributed by atoms with Crippen molar-refractivity contribution < 1.29 is 26.9 Å². The van der Waals surface area contributed by atoms with Gasteiger partial charge in [-0.1, -0.05) is 12.1 Å². The lowest BCUT2D eigenvalue weighted by molar-refractivity contribution is -0.0499. The molecule has 0 aromatic heterocycles. The highest BCUT2D eigenvalue weighted by atomic mass is 32.2. The lowest BCUT2D eigenvalue weighted by Crippen LogP contribution is -2.41. The van der Waals surface area contributed by atoms with E-state index in [1.165, 1.54) is 24.3 Å². The zero-order chi connectivity index (χ0) is 16.9. The molecule has 1 rings (SSSR count). The van der Waals surface area contributed by atoms with Crippen LogP contribution in [0.1, 0.15) is 38.8 Å². The Kier molecular flexibility index (Phi) is 6.96. The quantitative estimate of drug-likeness (QED) is 0.601. The molecule has 8 heteroatoms. The van der Waals surface area contributed by atoms with Gasteiger partial charge in [-0.05, 0) is 38.5 Å². The maximum atomic E-state index is 12.7. The molecule has 2 unspecified atom stereocenters. The molecule has 126 valence electrons. The van der Waals surface area contributed by atoms with Crippen LogP contribution in [0, 0.1) is 0 Å². The lowest BCUT2D eigenvalue weighted by atomic mass is 10.0. The summed E-state index contributed by atoms with van der Waals surface area (Å²) in [6.07, 6.45) is -3.21. The van der Waals surface area contributed by atoms with Crippen molar-refractivity contribution in [2.75, 3.05) is 0 Å². The molecule has 0 saturated carbocycles. The largest absolute Gasteiger partial charge is 0.598 e. The molecule has 0 aliphatic rings. The molecule has 0 aliphatic heterocycles. The molecule has 0 bridgehead atoms. The Morgan fingerprint density at radius 2 is 1.86 bits per heavy atom. The predicted molar refractivity (Wildman–Crippen MR) is 77.5 cm³/mol. The average Bonchev–Trinajstić information content (AvgIpc) is 2.35. The molecule has 2 atom stereocenters. The molecule has 0 radical (unpaired) electrons. The van der Waals surface area contributed by atoms with E-state index in [1.54, 1.807) is 20.8 Å². The third-order valence-electron chi connectivity index (χ3n) is 2.70. The lowest BCUT2D eigenvalue weighted by Gasteiger charge is -2.28. The topological polar surface area (TPSA) is 44.3 Å². The van der Waals surface area contributed by atoms with E-state index in [9.17, 15) is 22.1 Å². The summed E-state index contributed by atoms with van der Waals surface area (Å²) >= 11 is -1.57. The fourth-order valence-corrected chi connectivity index (χ4v) is 2.49. The van der Waals surface area contributed by atoms with E-state index in [-0.39, 0.29) is 5.75 Å². The summed E-state index contributed by atoms with van der Waals surface area (Å²) in [4.78, 5) is 0. The zero-order valence-corrected chi connectivity index (χ0v) is 13.3. The fraction of sp³-hybridized carbons (Fsp3) is 0.571. The van der Waals surface area contributed by atoms with Gasteiger partial charge in [-0.2, -0.15) is 8.78 Å². The van der Waals surface area contributed by atoms with E-state index in [4.69, 9.17) is 0 Å². The van der Waals surface area contributed by atoms with Gasteiger partial charge in [0, 0.05) is 17.8 Å². The van der Waals surface area contributed by atoms with E-state index in [2.05, 4.69) is 9.46 Å². The number of benzene rings is 1. The predicted octanol–water partition coefficient (Wildman–Crippen LogP) is 4.04. The molecule has 0 fully saturated rings. The zero-order valence-electron chi connectivity index (χ0n) is 12.5. The second-order valence-electron chi connectivity index (χ2n) is 5.63. The number of alkyl halides is 4. The molecular weight excluding hydrogens is 322 g/mol. The Labute approximate surface area is 130 Å². The second kappa shape index (κ2) is 8.03. The summed E-state index contributed by atoms with van der Waals surface area (Å²) in [5, 5.41) is 0. The van der Waals surface area contributed by atoms with Crippen molar-refractivity contribution in [3.63, 3.8) is 0 Å². The van der Waals surface area contributed by atoms with Crippen LogP contribution in [-0.4, -0.2) is 22.3 Å². The van der Waals surface area contributed by atoms with Crippen LogP contribution in [0.3, 0.4) is 0 Å². The van der Waals surface area contributed by atoms with E-state index in [1.807, 2.05) is 0 Å². The van der Waals surface area contributed by atoms with Gasteiger partial charge in [0.05, 0.1) is 6.04 Å². The van der Waals surface area contributed by atoms with Crippen LogP contribution in [0.25, 0.3) is 0 Å². The monoisotopic (exact) mass is 341 g/mol. The van der Waals surface area contributed by atoms with Crippen LogP contribution < -0.4 is 9.46 Å². The molecular formula is C14H19F4NO2S. The average molecular weight is 341 g/mol. The second-order valence-corrected chi connectivity index (χ2v) is 7.63. The van der Waals surface area contributed by atoms with Crippen molar-refractivity contribution >= 4 is 11.4 Å². The third kappa shape index (κ3) is 6.41. The molecule has 0 aliphatic carbocycles. The summed E-state index contributed by atoms with van der Waals surface area (Å²) in [7, 11) is 0. The number of ether oxygens (including phenoxy) is 1. The number of hydrogen-bond acceptors (Lipinski definition) is 3. The van der Waals surface area contributed by atoms with Crippen LogP contribution >= 0.6 is 0 Å². The van der Waals surface area contributed by atoms with Crippen LogP contribution in [0.4, 0.5) is 17.6 Å². The molecule has 1 N–H and O–H groups in total. The maximum Gasteiger partial charge on any atom is 0.387 e. The molecule has 3 nitrogen and oxygen atoms in total. The molecule has 0 heterocycles. The summed E-state index contributed by atoms with van der Waals surface area (Å²) in [5.41, 5.74) is 0.316. The number of nitrogens with one attached hydrogen (secondary N) is 1. The Balaban J connectivity index is 2.96. The summed E-state index contributed by atoms with van der Waals surface area (Å²) in [5.74, 6) is -0.130. The van der Waals surface area contributed by atoms with Gasteiger partial charge in [0.25, 0.3) is 0 Å². The Morgan fingerprint density at radius 1 is 1.23 bits per heavy atom. The first kappa shape index (κ1) is 19.1. The minimum absolute atomic E-state index is 0.130. The highest BCUT2D eigenvalue weighted by molar-refractivity contribution is 7.90. The van der Waals surface area contributed by atoms with E-state index in [0.29, 0.717) is 5.56 Å². The first-order valence-corrected chi connectivity index (χ1v) is 7.75. The van der Waals surface area contributed by atoms with Crippen molar-refractivity contribution in [3.8, 4) is 5.75 Å². The number of hydrogen-bond donors (Lipinski definition) is 1. The Bertz CT molecular complexity index is 468. The summed E-state index contributed by atoms with van der Waals surface area (Å²) in [6, 6.07) is 4.54. The summed E-state index contributed by atoms with van der Waals surface area (Å²) in [6.45, 7) is 2.10.